The summed E-state index contributed by atoms with van der Waals surface area (Å²) in [5, 5.41) is 10.1. The Morgan fingerprint density at radius 2 is 1.84 bits per heavy atom. The lowest BCUT2D eigenvalue weighted by molar-refractivity contribution is 0.148. The van der Waals surface area contributed by atoms with Crippen LogP contribution in [0.2, 0.25) is 0 Å². The van der Waals surface area contributed by atoms with Crippen molar-refractivity contribution in [2.24, 2.45) is 5.73 Å². The van der Waals surface area contributed by atoms with Crippen molar-refractivity contribution in [1.29, 1.82) is 0 Å². The molecule has 1 aliphatic rings. The van der Waals surface area contributed by atoms with Crippen molar-refractivity contribution in [3.8, 4) is 0 Å². The van der Waals surface area contributed by atoms with E-state index >= 15 is 0 Å². The molecule has 0 bridgehead atoms. The summed E-state index contributed by atoms with van der Waals surface area (Å²) in [6, 6.07) is 8.49. The molecule has 6 nitrogen and oxygen atoms in total. The fourth-order valence-corrected chi connectivity index (χ4v) is 2.00. The number of nitrogens with two attached hydrogens (primary N) is 1. The molecule has 0 aliphatic heterocycles. The van der Waals surface area contributed by atoms with E-state index in [1.54, 1.807) is 0 Å². The minimum atomic E-state index is -1.33. The molecule has 0 fully saturated rings. The third-order valence-corrected chi connectivity index (χ3v) is 2.65. The molecular formula is C13H18N2O4. The Morgan fingerprint density at radius 1 is 1.37 bits per heavy atom. The molecule has 104 valence electrons. The molecule has 0 atom stereocenters. The summed E-state index contributed by atoms with van der Waals surface area (Å²) in [6.45, 7) is 2.23. The first kappa shape index (κ1) is 14.8. The molecule has 0 aromatic heterocycles. The molecule has 0 saturated carbocycles. The Hall–Kier alpha value is -2.24. The molecule has 1 aromatic carbocycles. The lowest BCUT2D eigenvalue weighted by atomic mass is 10.1. The van der Waals surface area contributed by atoms with Crippen LogP contribution in [0.15, 0.2) is 24.3 Å². The Bertz CT molecular complexity index is 419. The van der Waals surface area contributed by atoms with Gasteiger partial charge in [0.25, 0.3) is 0 Å². The maximum absolute atomic E-state index is 11.2. The molecule has 4 N–H and O–H groups in total. The second kappa shape index (κ2) is 7.25. The van der Waals surface area contributed by atoms with Crippen molar-refractivity contribution in [1.82, 2.24) is 5.32 Å². The van der Waals surface area contributed by atoms with Gasteiger partial charge in [0.1, 0.15) is 0 Å². The van der Waals surface area contributed by atoms with Gasteiger partial charge >= 0.3 is 12.2 Å². The number of hydrogen-bond donors (Lipinski definition) is 3. The third-order valence-electron chi connectivity index (χ3n) is 2.65. The highest BCUT2D eigenvalue weighted by atomic mass is 16.5. The molecule has 0 radical (unpaired) electrons. The number of benzene rings is 1. The second-order valence-electron chi connectivity index (χ2n) is 4.08. The van der Waals surface area contributed by atoms with Crippen LogP contribution in [0.5, 0.6) is 0 Å². The Labute approximate surface area is 111 Å². The summed E-state index contributed by atoms with van der Waals surface area (Å²) in [7, 11) is 0. The number of hydrogen-bond acceptors (Lipinski definition) is 3. The lowest BCUT2D eigenvalue weighted by Gasteiger charge is -2.11. The Kier molecular flexibility index (Phi) is 5.66. The lowest BCUT2D eigenvalue weighted by Crippen LogP contribution is -2.35. The number of carbonyl (C=O) groups is 2. The zero-order valence-corrected chi connectivity index (χ0v) is 10.8. The van der Waals surface area contributed by atoms with Gasteiger partial charge in [0, 0.05) is 6.04 Å². The number of rotatable bonds is 2. The van der Waals surface area contributed by atoms with E-state index < -0.39 is 6.09 Å². The molecule has 1 aliphatic carbocycles. The maximum Gasteiger partial charge on any atom is 0.407 e. The van der Waals surface area contributed by atoms with E-state index in [4.69, 9.17) is 14.6 Å². The van der Waals surface area contributed by atoms with Crippen LogP contribution in [-0.4, -0.2) is 29.9 Å². The van der Waals surface area contributed by atoms with Gasteiger partial charge in [0.05, 0.1) is 6.61 Å². The number of primary amides is 1. The first-order chi connectivity index (χ1) is 9.02. The third kappa shape index (κ3) is 5.29. The SMILES string of the molecule is CCOC(=O)NC1Cc2ccccc2C1.NC(=O)O. The van der Waals surface area contributed by atoms with Gasteiger partial charge in [-0.15, -0.1) is 0 Å². The molecule has 19 heavy (non-hydrogen) atoms. The summed E-state index contributed by atoms with van der Waals surface area (Å²) in [4.78, 5) is 20.0. The van der Waals surface area contributed by atoms with Crippen LogP contribution in [0, 0.1) is 0 Å². The van der Waals surface area contributed by atoms with E-state index in [1.807, 2.05) is 19.1 Å². The summed E-state index contributed by atoms with van der Waals surface area (Å²) >= 11 is 0. The first-order valence-electron chi connectivity index (χ1n) is 6.01. The molecule has 0 spiro atoms. The van der Waals surface area contributed by atoms with Gasteiger partial charge in [0.15, 0.2) is 0 Å². The topological polar surface area (TPSA) is 102 Å². The van der Waals surface area contributed by atoms with Crippen LogP contribution in [0.1, 0.15) is 18.1 Å². The van der Waals surface area contributed by atoms with Crippen LogP contribution < -0.4 is 11.1 Å². The highest BCUT2D eigenvalue weighted by Gasteiger charge is 2.22. The van der Waals surface area contributed by atoms with Crippen molar-refractivity contribution in [3.05, 3.63) is 35.4 Å². The van der Waals surface area contributed by atoms with Crippen molar-refractivity contribution >= 4 is 12.2 Å². The van der Waals surface area contributed by atoms with Crippen LogP contribution in [0.3, 0.4) is 0 Å². The van der Waals surface area contributed by atoms with Crippen molar-refractivity contribution in [3.63, 3.8) is 0 Å². The van der Waals surface area contributed by atoms with E-state index in [2.05, 4.69) is 23.2 Å². The average molecular weight is 266 g/mol. The van der Waals surface area contributed by atoms with Crippen molar-refractivity contribution < 1.29 is 19.4 Å². The number of carboxylic acid groups (broad SMARTS) is 1. The van der Waals surface area contributed by atoms with E-state index in [0.29, 0.717) is 6.61 Å². The predicted molar refractivity (Wildman–Crippen MR) is 70.0 cm³/mol. The summed E-state index contributed by atoms with van der Waals surface area (Å²) in [6.07, 6.45) is 0.180. The van der Waals surface area contributed by atoms with Crippen molar-refractivity contribution in [2.45, 2.75) is 25.8 Å². The fraction of sp³-hybridized carbons (Fsp3) is 0.385. The van der Waals surface area contributed by atoms with E-state index in [0.717, 1.165) is 12.8 Å². The minimum Gasteiger partial charge on any atom is -0.465 e. The number of fused-ring (bicyclic) bond motifs is 1. The quantitative estimate of drug-likeness (QED) is 0.755. The molecule has 2 rings (SSSR count). The summed E-state index contributed by atoms with van der Waals surface area (Å²) < 4.78 is 4.85. The van der Waals surface area contributed by atoms with Crippen molar-refractivity contribution in [2.75, 3.05) is 6.61 Å². The monoisotopic (exact) mass is 266 g/mol. The average Bonchev–Trinajstić information content (AvgIpc) is 2.70. The zero-order chi connectivity index (χ0) is 14.3. The highest BCUT2D eigenvalue weighted by Crippen LogP contribution is 2.21. The summed E-state index contributed by atoms with van der Waals surface area (Å²) in [5.41, 5.74) is 6.69. The van der Waals surface area contributed by atoms with E-state index in [-0.39, 0.29) is 12.1 Å². The number of amides is 2. The molecular weight excluding hydrogens is 248 g/mol. The molecule has 1 aromatic rings. The predicted octanol–water partition coefficient (Wildman–Crippen LogP) is 1.52. The molecule has 2 amide bonds. The van der Waals surface area contributed by atoms with Gasteiger partial charge in [-0.25, -0.2) is 9.59 Å². The largest absolute Gasteiger partial charge is 0.465 e. The molecule has 0 unspecified atom stereocenters. The Morgan fingerprint density at radius 3 is 2.26 bits per heavy atom. The number of nitrogens with one attached hydrogen (secondary N) is 1. The van der Waals surface area contributed by atoms with Gasteiger partial charge in [0.2, 0.25) is 0 Å². The van der Waals surface area contributed by atoms with Crippen LogP contribution in [0.25, 0.3) is 0 Å². The minimum absolute atomic E-state index is 0.196. The molecule has 0 saturated heterocycles. The van der Waals surface area contributed by atoms with Gasteiger partial charge in [-0.2, -0.15) is 0 Å². The van der Waals surface area contributed by atoms with E-state index in [1.165, 1.54) is 11.1 Å². The maximum atomic E-state index is 11.2. The first-order valence-corrected chi connectivity index (χ1v) is 6.01. The summed E-state index contributed by atoms with van der Waals surface area (Å²) in [5.74, 6) is 0. The van der Waals surface area contributed by atoms with Crippen LogP contribution in [-0.2, 0) is 17.6 Å². The van der Waals surface area contributed by atoms with Gasteiger partial charge in [-0.3, -0.25) is 0 Å². The smallest absolute Gasteiger partial charge is 0.407 e. The number of carbonyl (C=O) groups excluding carboxylic acids is 1. The normalized spacial score (nSPS) is 12.9. The Balaban J connectivity index is 0.000000399. The second-order valence-corrected chi connectivity index (χ2v) is 4.08. The van der Waals surface area contributed by atoms with Crippen LogP contribution >= 0.6 is 0 Å². The van der Waals surface area contributed by atoms with Gasteiger partial charge in [-0.05, 0) is 30.9 Å². The van der Waals surface area contributed by atoms with E-state index in [9.17, 15) is 4.79 Å². The number of alkyl carbamates (subject to hydrolysis) is 1. The fourth-order valence-electron chi connectivity index (χ4n) is 2.00. The van der Waals surface area contributed by atoms with Gasteiger partial charge in [-0.1, -0.05) is 24.3 Å². The zero-order valence-electron chi connectivity index (χ0n) is 10.8. The van der Waals surface area contributed by atoms with Crippen LogP contribution in [0.4, 0.5) is 9.59 Å². The highest BCUT2D eigenvalue weighted by molar-refractivity contribution is 5.67. The molecule has 0 heterocycles. The molecule has 6 heteroatoms. The number of ether oxygens (including phenoxy) is 1. The standard InChI is InChI=1S/C12H15NO2.CH3NO2/c1-2-15-12(14)13-11-7-9-5-3-4-6-10(9)8-11;2-1(3)4/h3-6,11H,2,7-8H2,1H3,(H,13,14);2H2,(H,3,4). The van der Waals surface area contributed by atoms with Gasteiger partial charge < -0.3 is 20.9 Å².